The molecule has 0 bridgehead atoms. The zero-order valence-corrected chi connectivity index (χ0v) is 12.5. The van der Waals surface area contributed by atoms with Crippen LogP contribution in [0.2, 0.25) is 0 Å². The molecular formula is C16H15NOS2. The van der Waals surface area contributed by atoms with Crippen LogP contribution in [-0.2, 0) is 13.2 Å². The summed E-state index contributed by atoms with van der Waals surface area (Å²) in [5.41, 5.74) is 3.27. The number of nitrogens with one attached hydrogen (secondary N) is 1. The molecule has 0 unspecified atom stereocenters. The molecule has 0 atom stereocenters. The van der Waals surface area contributed by atoms with Crippen LogP contribution in [0, 0.1) is 0 Å². The molecule has 2 nitrogen and oxygen atoms in total. The van der Waals surface area contributed by atoms with Gasteiger partial charge in [0, 0.05) is 27.5 Å². The lowest BCUT2D eigenvalue weighted by atomic mass is 10.2. The summed E-state index contributed by atoms with van der Waals surface area (Å²) in [5.74, 6) is 0. The van der Waals surface area contributed by atoms with Crippen molar-refractivity contribution in [1.82, 2.24) is 0 Å². The SMILES string of the molecule is OCc1cccc(NCc2cc(-c3cccs3)cs2)c1. The zero-order chi connectivity index (χ0) is 13.8. The molecule has 20 heavy (non-hydrogen) atoms. The maximum Gasteiger partial charge on any atom is 0.0682 e. The summed E-state index contributed by atoms with van der Waals surface area (Å²) in [5, 5.41) is 16.8. The highest BCUT2D eigenvalue weighted by atomic mass is 32.1. The van der Waals surface area contributed by atoms with Crippen molar-refractivity contribution in [1.29, 1.82) is 0 Å². The summed E-state index contributed by atoms with van der Waals surface area (Å²) in [6, 6.07) is 14.3. The minimum absolute atomic E-state index is 0.0804. The highest BCUT2D eigenvalue weighted by molar-refractivity contribution is 7.14. The Morgan fingerprint density at radius 3 is 2.80 bits per heavy atom. The number of aliphatic hydroxyl groups is 1. The number of aliphatic hydroxyl groups excluding tert-OH is 1. The molecule has 0 aliphatic rings. The third kappa shape index (κ3) is 3.10. The van der Waals surface area contributed by atoms with Gasteiger partial charge in [-0.25, -0.2) is 0 Å². The fourth-order valence-corrected chi connectivity index (χ4v) is 3.63. The predicted octanol–water partition coefficient (Wildman–Crippen LogP) is 4.58. The Labute approximate surface area is 126 Å². The van der Waals surface area contributed by atoms with E-state index in [0.717, 1.165) is 17.8 Å². The zero-order valence-electron chi connectivity index (χ0n) is 10.9. The van der Waals surface area contributed by atoms with Crippen LogP contribution in [0.15, 0.2) is 53.2 Å². The average molecular weight is 301 g/mol. The number of anilines is 1. The summed E-state index contributed by atoms with van der Waals surface area (Å²) >= 11 is 3.54. The van der Waals surface area contributed by atoms with Gasteiger partial charge in [-0.2, -0.15) is 0 Å². The van der Waals surface area contributed by atoms with Gasteiger partial charge in [0.25, 0.3) is 0 Å². The highest BCUT2D eigenvalue weighted by Gasteiger charge is 2.03. The molecule has 0 aliphatic carbocycles. The Hall–Kier alpha value is -1.62. The summed E-state index contributed by atoms with van der Waals surface area (Å²) in [4.78, 5) is 2.62. The second-order valence-corrected chi connectivity index (χ2v) is 6.43. The molecule has 2 N–H and O–H groups in total. The van der Waals surface area contributed by atoms with Crippen molar-refractivity contribution in [3.05, 3.63) is 63.7 Å². The number of hydrogen-bond donors (Lipinski definition) is 2. The van der Waals surface area contributed by atoms with E-state index < -0.39 is 0 Å². The second-order valence-electron chi connectivity index (χ2n) is 4.49. The topological polar surface area (TPSA) is 32.3 Å². The van der Waals surface area contributed by atoms with E-state index in [4.69, 9.17) is 5.11 Å². The van der Waals surface area contributed by atoms with Crippen molar-refractivity contribution in [3.63, 3.8) is 0 Å². The van der Waals surface area contributed by atoms with Gasteiger partial charge in [0.2, 0.25) is 0 Å². The molecular weight excluding hydrogens is 286 g/mol. The van der Waals surface area contributed by atoms with Crippen molar-refractivity contribution in [2.45, 2.75) is 13.2 Å². The Kier molecular flexibility index (Phi) is 4.16. The quantitative estimate of drug-likeness (QED) is 0.723. The van der Waals surface area contributed by atoms with E-state index in [1.807, 2.05) is 24.3 Å². The third-order valence-corrected chi connectivity index (χ3v) is 4.89. The van der Waals surface area contributed by atoms with Gasteiger partial charge in [-0.05, 0) is 40.6 Å². The fraction of sp³-hybridized carbons (Fsp3) is 0.125. The summed E-state index contributed by atoms with van der Waals surface area (Å²) in [6.45, 7) is 0.891. The van der Waals surface area contributed by atoms with E-state index in [9.17, 15) is 0 Å². The van der Waals surface area contributed by atoms with Crippen molar-refractivity contribution >= 4 is 28.4 Å². The van der Waals surface area contributed by atoms with Crippen molar-refractivity contribution < 1.29 is 5.11 Å². The van der Waals surface area contributed by atoms with E-state index in [1.165, 1.54) is 15.3 Å². The first kappa shape index (κ1) is 13.4. The predicted molar refractivity (Wildman–Crippen MR) is 87.3 cm³/mol. The normalized spacial score (nSPS) is 10.7. The van der Waals surface area contributed by atoms with Crippen LogP contribution in [-0.4, -0.2) is 5.11 Å². The first-order valence-electron chi connectivity index (χ1n) is 6.40. The minimum Gasteiger partial charge on any atom is -0.392 e. The van der Waals surface area contributed by atoms with Crippen LogP contribution >= 0.6 is 22.7 Å². The summed E-state index contributed by atoms with van der Waals surface area (Å²) in [6.07, 6.45) is 0. The lowest BCUT2D eigenvalue weighted by molar-refractivity contribution is 0.282. The average Bonchev–Trinajstić information content (AvgIpc) is 3.16. The number of thiophene rings is 2. The molecule has 2 aromatic heterocycles. The summed E-state index contributed by atoms with van der Waals surface area (Å²) in [7, 11) is 0. The van der Waals surface area contributed by atoms with Crippen molar-refractivity contribution in [3.8, 4) is 10.4 Å². The third-order valence-electron chi connectivity index (χ3n) is 3.04. The van der Waals surface area contributed by atoms with Crippen LogP contribution in [0.1, 0.15) is 10.4 Å². The lowest BCUT2D eigenvalue weighted by Crippen LogP contribution is -1.97. The molecule has 0 amide bonds. The van der Waals surface area contributed by atoms with Crippen LogP contribution in [0.5, 0.6) is 0 Å². The smallest absolute Gasteiger partial charge is 0.0682 e. The van der Waals surface area contributed by atoms with E-state index in [-0.39, 0.29) is 6.61 Å². The van der Waals surface area contributed by atoms with Gasteiger partial charge in [-0.15, -0.1) is 22.7 Å². The molecule has 0 radical (unpaired) electrons. The molecule has 0 saturated carbocycles. The molecule has 1 aromatic carbocycles. The van der Waals surface area contributed by atoms with Crippen LogP contribution in [0.4, 0.5) is 5.69 Å². The van der Waals surface area contributed by atoms with Gasteiger partial charge in [0.15, 0.2) is 0 Å². The maximum absolute atomic E-state index is 9.13. The van der Waals surface area contributed by atoms with Gasteiger partial charge in [-0.3, -0.25) is 0 Å². The minimum atomic E-state index is 0.0804. The van der Waals surface area contributed by atoms with E-state index in [2.05, 4.69) is 34.3 Å². The van der Waals surface area contributed by atoms with Crippen molar-refractivity contribution in [2.75, 3.05) is 5.32 Å². The van der Waals surface area contributed by atoms with Gasteiger partial charge in [-0.1, -0.05) is 18.2 Å². The first-order valence-corrected chi connectivity index (χ1v) is 8.16. The Morgan fingerprint density at radius 2 is 2.00 bits per heavy atom. The number of benzene rings is 1. The van der Waals surface area contributed by atoms with E-state index >= 15 is 0 Å². The maximum atomic E-state index is 9.13. The number of hydrogen-bond acceptors (Lipinski definition) is 4. The molecule has 3 rings (SSSR count). The van der Waals surface area contributed by atoms with Gasteiger partial charge < -0.3 is 10.4 Å². The molecule has 4 heteroatoms. The molecule has 0 fully saturated rings. The van der Waals surface area contributed by atoms with Gasteiger partial charge in [0.1, 0.15) is 0 Å². The Bertz CT molecular complexity index is 673. The second kappa shape index (κ2) is 6.22. The number of rotatable bonds is 5. The van der Waals surface area contributed by atoms with E-state index in [0.29, 0.717) is 0 Å². The van der Waals surface area contributed by atoms with Gasteiger partial charge in [0.05, 0.1) is 6.61 Å². The molecule has 3 aromatic rings. The largest absolute Gasteiger partial charge is 0.392 e. The highest BCUT2D eigenvalue weighted by Crippen LogP contribution is 2.29. The fourth-order valence-electron chi connectivity index (χ4n) is 2.01. The lowest BCUT2D eigenvalue weighted by Gasteiger charge is -2.06. The monoisotopic (exact) mass is 301 g/mol. The molecule has 0 saturated heterocycles. The standard InChI is InChI=1S/C16H15NOS2/c18-10-12-3-1-4-14(7-12)17-9-15-8-13(11-20-15)16-5-2-6-19-16/h1-8,11,17-18H,9-10H2. The molecule has 0 spiro atoms. The molecule has 2 heterocycles. The molecule has 0 aliphatic heterocycles. The van der Waals surface area contributed by atoms with Crippen molar-refractivity contribution in [2.24, 2.45) is 0 Å². The molecule has 102 valence electrons. The Morgan fingerprint density at radius 1 is 1.05 bits per heavy atom. The van der Waals surface area contributed by atoms with E-state index in [1.54, 1.807) is 22.7 Å². The van der Waals surface area contributed by atoms with Crippen LogP contribution in [0.3, 0.4) is 0 Å². The first-order chi connectivity index (χ1) is 9.85. The summed E-state index contributed by atoms with van der Waals surface area (Å²) < 4.78 is 0. The van der Waals surface area contributed by atoms with Crippen LogP contribution in [0.25, 0.3) is 10.4 Å². The Balaban J connectivity index is 1.66. The van der Waals surface area contributed by atoms with Crippen LogP contribution < -0.4 is 5.32 Å². The van der Waals surface area contributed by atoms with Gasteiger partial charge >= 0.3 is 0 Å².